The molecule has 1 aromatic carbocycles. The zero-order valence-corrected chi connectivity index (χ0v) is 13.7. The maximum absolute atomic E-state index is 13.0. The third kappa shape index (κ3) is 3.49. The molecule has 22 heavy (non-hydrogen) atoms. The van der Waals surface area contributed by atoms with Crippen molar-refractivity contribution in [2.45, 2.75) is 58.0 Å². The van der Waals surface area contributed by atoms with Crippen molar-refractivity contribution in [2.24, 2.45) is 0 Å². The second-order valence-corrected chi connectivity index (χ2v) is 6.18. The summed E-state index contributed by atoms with van der Waals surface area (Å²) in [4.78, 5) is 25.9. The van der Waals surface area contributed by atoms with Crippen molar-refractivity contribution in [1.29, 1.82) is 0 Å². The van der Waals surface area contributed by atoms with Crippen molar-refractivity contribution >= 4 is 12.2 Å². The first kappa shape index (κ1) is 16.5. The molecule has 0 aliphatic heterocycles. The molecular weight excluding hydrogens is 278 g/mol. The first-order valence-corrected chi connectivity index (χ1v) is 8.04. The average Bonchev–Trinajstić information content (AvgIpc) is 2.54. The Balaban J connectivity index is 2.32. The van der Waals surface area contributed by atoms with Crippen molar-refractivity contribution < 1.29 is 14.3 Å². The molecule has 0 aromatic heterocycles. The minimum absolute atomic E-state index is 0.00352. The number of methoxy groups -OCH3 is 1. The van der Waals surface area contributed by atoms with Crippen molar-refractivity contribution in [3.63, 3.8) is 0 Å². The number of benzene rings is 1. The van der Waals surface area contributed by atoms with Crippen molar-refractivity contribution in [3.8, 4) is 5.75 Å². The zero-order chi connectivity index (χ0) is 16.1. The summed E-state index contributed by atoms with van der Waals surface area (Å²) in [6.45, 7) is 4.11. The predicted molar refractivity (Wildman–Crippen MR) is 86.6 cm³/mol. The van der Waals surface area contributed by atoms with Gasteiger partial charge in [-0.25, -0.2) is 0 Å². The largest absolute Gasteiger partial charge is 0.496 e. The van der Waals surface area contributed by atoms with Crippen molar-refractivity contribution in [3.05, 3.63) is 29.3 Å². The lowest BCUT2D eigenvalue weighted by molar-refractivity contribution is 0.0552. The lowest BCUT2D eigenvalue weighted by Gasteiger charge is -2.37. The lowest BCUT2D eigenvalue weighted by atomic mass is 9.92. The van der Waals surface area contributed by atoms with Crippen molar-refractivity contribution in [1.82, 2.24) is 4.90 Å². The van der Waals surface area contributed by atoms with Gasteiger partial charge in [-0.15, -0.1) is 0 Å². The number of nitrogens with zero attached hydrogens (tertiary/aromatic N) is 1. The van der Waals surface area contributed by atoms with E-state index in [9.17, 15) is 9.59 Å². The minimum atomic E-state index is -0.00352. The Morgan fingerprint density at radius 3 is 2.50 bits per heavy atom. The lowest BCUT2D eigenvalue weighted by Crippen LogP contribution is -2.45. The van der Waals surface area contributed by atoms with E-state index >= 15 is 0 Å². The Morgan fingerprint density at radius 2 is 1.95 bits per heavy atom. The number of ether oxygens (including phenoxy) is 1. The second-order valence-electron chi connectivity index (χ2n) is 6.18. The van der Waals surface area contributed by atoms with Crippen LogP contribution < -0.4 is 4.74 Å². The molecule has 0 heterocycles. The van der Waals surface area contributed by atoms with Crippen LogP contribution in [-0.4, -0.2) is 36.3 Å². The maximum Gasteiger partial charge on any atom is 0.258 e. The normalized spacial score (nSPS) is 15.6. The number of amides is 1. The second kappa shape index (κ2) is 7.43. The van der Waals surface area contributed by atoms with Crippen LogP contribution in [0.15, 0.2) is 18.2 Å². The molecule has 1 aromatic rings. The van der Waals surface area contributed by atoms with E-state index in [1.807, 2.05) is 4.90 Å². The molecule has 0 N–H and O–H groups in total. The number of carbonyl (C=O) groups is 2. The van der Waals surface area contributed by atoms with E-state index in [2.05, 4.69) is 13.8 Å². The van der Waals surface area contributed by atoms with Gasteiger partial charge in [0.1, 0.15) is 12.0 Å². The minimum Gasteiger partial charge on any atom is -0.496 e. The van der Waals surface area contributed by atoms with Gasteiger partial charge in [-0.3, -0.25) is 9.59 Å². The molecule has 0 radical (unpaired) electrons. The Morgan fingerprint density at radius 1 is 1.27 bits per heavy atom. The molecule has 0 atom stereocenters. The molecule has 1 amide bonds. The van der Waals surface area contributed by atoms with E-state index in [-0.39, 0.29) is 11.9 Å². The van der Waals surface area contributed by atoms with Crippen molar-refractivity contribution in [2.75, 3.05) is 7.11 Å². The van der Waals surface area contributed by atoms with Crippen LogP contribution in [0.4, 0.5) is 0 Å². The highest BCUT2D eigenvalue weighted by Gasteiger charge is 2.29. The molecule has 1 fully saturated rings. The van der Waals surface area contributed by atoms with Gasteiger partial charge < -0.3 is 9.64 Å². The average molecular weight is 303 g/mol. The molecule has 1 saturated carbocycles. The summed E-state index contributed by atoms with van der Waals surface area (Å²) in [5, 5.41) is 0. The van der Waals surface area contributed by atoms with Gasteiger partial charge >= 0.3 is 0 Å². The highest BCUT2D eigenvalue weighted by atomic mass is 16.5. The molecule has 0 bridgehead atoms. The topological polar surface area (TPSA) is 46.6 Å². The summed E-state index contributed by atoms with van der Waals surface area (Å²) in [7, 11) is 1.53. The fourth-order valence-electron chi connectivity index (χ4n) is 3.28. The van der Waals surface area contributed by atoms with E-state index in [0.717, 1.165) is 19.1 Å². The summed E-state index contributed by atoms with van der Waals surface area (Å²) in [6, 6.07) is 5.44. The number of hydrogen-bond donors (Lipinski definition) is 0. The van der Waals surface area contributed by atoms with Crippen LogP contribution in [0, 0.1) is 0 Å². The van der Waals surface area contributed by atoms with Crippen LogP contribution in [0.25, 0.3) is 0 Å². The van der Waals surface area contributed by atoms with E-state index < -0.39 is 0 Å². The molecule has 0 unspecified atom stereocenters. The Bertz CT molecular complexity index is 533. The summed E-state index contributed by atoms with van der Waals surface area (Å²) in [5.74, 6) is 0.465. The molecule has 0 saturated heterocycles. The molecule has 120 valence electrons. The van der Waals surface area contributed by atoms with E-state index in [1.165, 1.54) is 26.4 Å². The van der Waals surface area contributed by atoms with Gasteiger partial charge in [0.15, 0.2) is 0 Å². The predicted octanol–water partition coefficient (Wildman–Crippen LogP) is 3.69. The third-order valence-electron chi connectivity index (χ3n) is 4.35. The first-order valence-electron chi connectivity index (χ1n) is 8.04. The summed E-state index contributed by atoms with van der Waals surface area (Å²) in [6.07, 6.45) is 6.52. The number of aldehydes is 1. The third-order valence-corrected chi connectivity index (χ3v) is 4.35. The number of rotatable bonds is 5. The maximum atomic E-state index is 13.0. The van der Waals surface area contributed by atoms with Crippen LogP contribution in [0.5, 0.6) is 5.75 Å². The summed E-state index contributed by atoms with van der Waals surface area (Å²) >= 11 is 0. The van der Waals surface area contributed by atoms with Crippen LogP contribution in [-0.2, 0) is 0 Å². The van der Waals surface area contributed by atoms with Crippen LogP contribution in [0.1, 0.15) is 66.7 Å². The monoisotopic (exact) mass is 303 g/mol. The fourth-order valence-corrected chi connectivity index (χ4v) is 3.28. The SMILES string of the molecule is COc1cc(C=O)ccc1C(=O)N(C(C)C)C1CCCCC1. The quantitative estimate of drug-likeness (QED) is 0.779. The van der Waals surface area contributed by atoms with Gasteiger partial charge in [0.2, 0.25) is 0 Å². The molecule has 1 aliphatic carbocycles. The first-order chi connectivity index (χ1) is 10.6. The molecule has 4 heteroatoms. The van der Waals surface area contributed by atoms with Crippen LogP contribution in [0.3, 0.4) is 0 Å². The smallest absolute Gasteiger partial charge is 0.258 e. The van der Waals surface area contributed by atoms with Gasteiger partial charge in [0.25, 0.3) is 5.91 Å². The Hall–Kier alpha value is -1.84. The van der Waals surface area contributed by atoms with Gasteiger partial charge in [-0.05, 0) is 38.8 Å². The molecule has 1 aliphatic rings. The molecule has 2 rings (SSSR count). The van der Waals surface area contributed by atoms with E-state index in [4.69, 9.17) is 4.74 Å². The van der Waals surface area contributed by atoms with Crippen LogP contribution >= 0.6 is 0 Å². The fraction of sp³-hybridized carbons (Fsp3) is 0.556. The standard InChI is InChI=1S/C18H25NO3/c1-13(2)19(15-7-5-4-6-8-15)18(21)16-10-9-14(12-20)11-17(16)22-3/h9-13,15H,4-8H2,1-3H3. The zero-order valence-electron chi connectivity index (χ0n) is 13.7. The molecule has 0 spiro atoms. The van der Waals surface area contributed by atoms with Gasteiger partial charge in [-0.2, -0.15) is 0 Å². The molecular formula is C18H25NO3. The van der Waals surface area contributed by atoms with E-state index in [0.29, 0.717) is 22.9 Å². The van der Waals surface area contributed by atoms with Gasteiger partial charge in [-0.1, -0.05) is 25.3 Å². The van der Waals surface area contributed by atoms with Crippen LogP contribution in [0.2, 0.25) is 0 Å². The Kier molecular flexibility index (Phi) is 5.58. The Labute approximate surface area is 132 Å². The van der Waals surface area contributed by atoms with Gasteiger partial charge in [0, 0.05) is 17.6 Å². The number of hydrogen-bond acceptors (Lipinski definition) is 3. The highest BCUT2D eigenvalue weighted by Crippen LogP contribution is 2.28. The van der Waals surface area contributed by atoms with Gasteiger partial charge in [0.05, 0.1) is 12.7 Å². The number of carbonyl (C=O) groups excluding carboxylic acids is 2. The highest BCUT2D eigenvalue weighted by molar-refractivity contribution is 5.98. The summed E-state index contributed by atoms with van der Waals surface area (Å²) < 4.78 is 5.32. The molecule has 4 nitrogen and oxygen atoms in total. The van der Waals surface area contributed by atoms with E-state index in [1.54, 1.807) is 18.2 Å². The summed E-state index contributed by atoms with van der Waals surface area (Å²) in [5.41, 5.74) is 1.05.